The van der Waals surface area contributed by atoms with Crippen LogP contribution in [0.1, 0.15) is 51.8 Å². The van der Waals surface area contributed by atoms with Gasteiger partial charge in [0, 0.05) is 18.8 Å². The lowest BCUT2D eigenvalue weighted by Crippen LogP contribution is -2.41. The van der Waals surface area contributed by atoms with Crippen LogP contribution in [0.15, 0.2) is 35.0 Å². The van der Waals surface area contributed by atoms with Gasteiger partial charge in [-0.15, -0.1) is 22.7 Å². The van der Waals surface area contributed by atoms with E-state index in [2.05, 4.69) is 4.98 Å². The molecular formula is C25H27N3O4S2. The van der Waals surface area contributed by atoms with E-state index in [0.717, 1.165) is 28.8 Å². The summed E-state index contributed by atoms with van der Waals surface area (Å²) in [6.07, 6.45) is 1.35. The Bertz CT molecular complexity index is 1200. The number of carbonyl (C=O) groups excluding carboxylic acids is 3. The third kappa shape index (κ3) is 4.90. The fraction of sp³-hybridized carbons (Fsp3) is 0.360. The second-order valence-corrected chi connectivity index (χ2v) is 10.2. The molecule has 0 radical (unpaired) electrons. The maximum absolute atomic E-state index is 12.8. The van der Waals surface area contributed by atoms with E-state index in [0.29, 0.717) is 28.7 Å². The normalized spacial score (nSPS) is 15.4. The number of benzene rings is 1. The van der Waals surface area contributed by atoms with Gasteiger partial charge in [-0.2, -0.15) is 0 Å². The summed E-state index contributed by atoms with van der Waals surface area (Å²) in [5.41, 5.74) is 4.51. The van der Waals surface area contributed by atoms with Crippen LogP contribution in [0, 0.1) is 20.8 Å². The predicted molar refractivity (Wildman–Crippen MR) is 134 cm³/mol. The van der Waals surface area contributed by atoms with Crippen LogP contribution in [0.25, 0.3) is 0 Å². The van der Waals surface area contributed by atoms with Crippen LogP contribution in [-0.4, -0.2) is 40.3 Å². The Morgan fingerprint density at radius 2 is 1.91 bits per heavy atom. The number of nitrogens with zero attached hydrogens (tertiary/aromatic N) is 3. The van der Waals surface area contributed by atoms with Gasteiger partial charge in [0.1, 0.15) is 12.6 Å². The lowest BCUT2D eigenvalue weighted by molar-refractivity contribution is -0.149. The number of rotatable bonds is 6. The van der Waals surface area contributed by atoms with Crippen LogP contribution in [0.5, 0.6) is 0 Å². The Morgan fingerprint density at radius 3 is 2.56 bits per heavy atom. The van der Waals surface area contributed by atoms with Gasteiger partial charge >= 0.3 is 5.97 Å². The summed E-state index contributed by atoms with van der Waals surface area (Å²) in [6.45, 7) is 8.03. The van der Waals surface area contributed by atoms with E-state index in [4.69, 9.17) is 4.74 Å². The molecule has 1 aliphatic rings. The molecule has 1 fully saturated rings. The standard InChI is InChI=1S/C25H27N3O4S2/c1-15-11-16(2)22(17(3)12-15)28(18(4)29)25-26-19(14-34-25)13-32-24(31)20-7-5-9-27(20)23(30)21-8-6-10-33-21/h6,8,10-12,14,20H,5,7,9,13H2,1-4H3. The number of esters is 1. The summed E-state index contributed by atoms with van der Waals surface area (Å²) in [7, 11) is 0. The number of anilines is 2. The number of thiophene rings is 1. The molecule has 1 unspecified atom stereocenters. The summed E-state index contributed by atoms with van der Waals surface area (Å²) >= 11 is 2.70. The number of likely N-dealkylation sites (tertiary alicyclic amines) is 1. The molecular weight excluding hydrogens is 470 g/mol. The Morgan fingerprint density at radius 1 is 1.18 bits per heavy atom. The molecule has 4 rings (SSSR count). The average Bonchev–Trinajstić information content (AvgIpc) is 3.55. The zero-order valence-electron chi connectivity index (χ0n) is 19.7. The minimum atomic E-state index is -0.584. The number of hydrogen-bond acceptors (Lipinski definition) is 7. The molecule has 1 aromatic carbocycles. The molecule has 0 bridgehead atoms. The Hall–Kier alpha value is -3.04. The minimum Gasteiger partial charge on any atom is -0.458 e. The van der Waals surface area contributed by atoms with Crippen molar-refractivity contribution in [3.63, 3.8) is 0 Å². The van der Waals surface area contributed by atoms with Gasteiger partial charge < -0.3 is 9.64 Å². The molecule has 9 heteroatoms. The largest absolute Gasteiger partial charge is 0.458 e. The lowest BCUT2D eigenvalue weighted by atomic mass is 10.0. The Labute approximate surface area is 207 Å². The van der Waals surface area contributed by atoms with Gasteiger partial charge in [0.2, 0.25) is 5.91 Å². The van der Waals surface area contributed by atoms with E-state index in [1.165, 1.54) is 29.6 Å². The Kier molecular flexibility index (Phi) is 7.13. The number of aromatic nitrogens is 1. The average molecular weight is 498 g/mol. The molecule has 34 heavy (non-hydrogen) atoms. The van der Waals surface area contributed by atoms with Gasteiger partial charge in [0.15, 0.2) is 5.13 Å². The van der Waals surface area contributed by atoms with Crippen molar-refractivity contribution >= 4 is 51.3 Å². The molecule has 178 valence electrons. The molecule has 1 aliphatic heterocycles. The summed E-state index contributed by atoms with van der Waals surface area (Å²) in [5.74, 6) is -0.696. The maximum atomic E-state index is 12.8. The molecule has 7 nitrogen and oxygen atoms in total. The van der Waals surface area contributed by atoms with Crippen LogP contribution in [0.4, 0.5) is 10.8 Å². The van der Waals surface area contributed by atoms with Crippen LogP contribution in [-0.2, 0) is 20.9 Å². The van der Waals surface area contributed by atoms with E-state index in [1.807, 2.05) is 44.4 Å². The third-order valence-corrected chi connectivity index (χ3v) is 7.52. The van der Waals surface area contributed by atoms with Crippen molar-refractivity contribution in [1.82, 2.24) is 9.88 Å². The van der Waals surface area contributed by atoms with Crippen LogP contribution >= 0.6 is 22.7 Å². The molecule has 0 aliphatic carbocycles. The summed E-state index contributed by atoms with van der Waals surface area (Å²) in [5, 5.41) is 4.17. The van der Waals surface area contributed by atoms with Gasteiger partial charge in [-0.3, -0.25) is 14.5 Å². The highest BCUT2D eigenvalue weighted by molar-refractivity contribution is 7.14. The first-order chi connectivity index (χ1) is 16.3. The molecule has 1 atom stereocenters. The zero-order chi connectivity index (χ0) is 24.4. The molecule has 2 amide bonds. The van der Waals surface area contributed by atoms with Gasteiger partial charge in [0.05, 0.1) is 16.3 Å². The second-order valence-electron chi connectivity index (χ2n) is 8.46. The Balaban J connectivity index is 1.46. The number of amides is 2. The molecule has 0 saturated carbocycles. The smallest absolute Gasteiger partial charge is 0.329 e. The van der Waals surface area contributed by atoms with Crippen molar-refractivity contribution in [3.8, 4) is 0 Å². The number of aryl methyl sites for hydroxylation is 3. The highest BCUT2D eigenvalue weighted by Crippen LogP contribution is 2.34. The van der Waals surface area contributed by atoms with E-state index in [1.54, 1.807) is 21.2 Å². The molecule has 0 N–H and O–H groups in total. The second kappa shape index (κ2) is 10.1. The number of carbonyl (C=O) groups is 3. The van der Waals surface area contributed by atoms with Crippen molar-refractivity contribution in [2.75, 3.05) is 11.4 Å². The third-order valence-electron chi connectivity index (χ3n) is 5.78. The first-order valence-electron chi connectivity index (χ1n) is 11.1. The summed E-state index contributed by atoms with van der Waals surface area (Å²) < 4.78 is 5.54. The topological polar surface area (TPSA) is 79.8 Å². The van der Waals surface area contributed by atoms with Gasteiger partial charge in [-0.25, -0.2) is 9.78 Å². The number of hydrogen-bond donors (Lipinski definition) is 0. The van der Waals surface area contributed by atoms with Gasteiger partial charge in [0.25, 0.3) is 5.91 Å². The molecule has 3 aromatic rings. The fourth-order valence-electron chi connectivity index (χ4n) is 4.42. The molecule has 2 aromatic heterocycles. The van der Waals surface area contributed by atoms with Crippen LogP contribution in [0.2, 0.25) is 0 Å². The van der Waals surface area contributed by atoms with Crippen LogP contribution < -0.4 is 4.90 Å². The predicted octanol–water partition coefficient (Wildman–Crippen LogP) is 5.16. The highest BCUT2D eigenvalue weighted by atomic mass is 32.1. The minimum absolute atomic E-state index is 0.00945. The van der Waals surface area contributed by atoms with Crippen molar-refractivity contribution < 1.29 is 19.1 Å². The quantitative estimate of drug-likeness (QED) is 0.440. The van der Waals surface area contributed by atoms with Crippen molar-refractivity contribution in [2.24, 2.45) is 0 Å². The van der Waals surface area contributed by atoms with Crippen LogP contribution in [0.3, 0.4) is 0 Å². The first kappa shape index (κ1) is 24.1. The number of thiazole rings is 1. The van der Waals surface area contributed by atoms with Crippen molar-refractivity contribution in [1.29, 1.82) is 0 Å². The maximum Gasteiger partial charge on any atom is 0.329 e. The SMILES string of the molecule is CC(=O)N(c1nc(COC(=O)C2CCCN2C(=O)c2cccs2)cs1)c1c(C)cc(C)cc1C. The summed E-state index contributed by atoms with van der Waals surface area (Å²) in [4.78, 5) is 46.5. The first-order valence-corrected chi connectivity index (χ1v) is 12.9. The van der Waals surface area contributed by atoms with Crippen molar-refractivity contribution in [2.45, 2.75) is 53.2 Å². The van der Waals surface area contributed by atoms with E-state index in [9.17, 15) is 14.4 Å². The van der Waals surface area contributed by atoms with Crippen molar-refractivity contribution in [3.05, 3.63) is 62.3 Å². The van der Waals surface area contributed by atoms with Gasteiger partial charge in [-0.05, 0) is 56.2 Å². The van der Waals surface area contributed by atoms with E-state index >= 15 is 0 Å². The summed E-state index contributed by atoms with van der Waals surface area (Å²) in [6, 6.07) is 7.09. The lowest BCUT2D eigenvalue weighted by Gasteiger charge is -2.23. The van der Waals surface area contributed by atoms with Gasteiger partial charge in [-0.1, -0.05) is 23.8 Å². The molecule has 0 spiro atoms. The van der Waals surface area contributed by atoms with E-state index < -0.39 is 12.0 Å². The molecule has 1 saturated heterocycles. The molecule has 3 heterocycles. The monoisotopic (exact) mass is 497 g/mol. The van der Waals surface area contributed by atoms with E-state index in [-0.39, 0.29) is 18.4 Å². The highest BCUT2D eigenvalue weighted by Gasteiger charge is 2.36. The fourth-order valence-corrected chi connectivity index (χ4v) is 5.95. The number of ether oxygens (including phenoxy) is 1. The zero-order valence-corrected chi connectivity index (χ0v) is 21.3.